The first kappa shape index (κ1) is 12.8. The largest absolute Gasteiger partial charge is 0.480 e. The Morgan fingerprint density at radius 3 is 2.62 bits per heavy atom. The maximum Gasteiger partial charge on any atom is 0.326 e. The minimum absolute atomic E-state index is 0.0818. The van der Waals surface area contributed by atoms with E-state index in [4.69, 9.17) is 5.11 Å². The second kappa shape index (κ2) is 4.69. The number of amides is 2. The van der Waals surface area contributed by atoms with Gasteiger partial charge in [-0.3, -0.25) is 0 Å². The Bertz CT molecular complexity index is 391. The standard InChI is InChI=1S/C8H14N2O5S/c1-16(14,15)5-2-6(7(11)12)10-4-3-9-8(10)13/h6H,2-5H2,1H3,(H,9,13)(H,11,12). The molecule has 1 atom stereocenters. The molecule has 0 aliphatic carbocycles. The number of hydrogen-bond acceptors (Lipinski definition) is 4. The molecule has 1 aliphatic heterocycles. The smallest absolute Gasteiger partial charge is 0.326 e. The third-order valence-corrected chi connectivity index (χ3v) is 3.29. The van der Waals surface area contributed by atoms with Crippen molar-refractivity contribution in [2.24, 2.45) is 0 Å². The fraction of sp³-hybridized carbons (Fsp3) is 0.750. The van der Waals surface area contributed by atoms with E-state index in [0.717, 1.165) is 11.2 Å². The molecule has 1 heterocycles. The van der Waals surface area contributed by atoms with E-state index >= 15 is 0 Å². The molecule has 1 fully saturated rings. The zero-order valence-corrected chi connectivity index (χ0v) is 9.66. The van der Waals surface area contributed by atoms with Crippen molar-refractivity contribution in [3.63, 3.8) is 0 Å². The predicted octanol–water partition coefficient (Wildman–Crippen LogP) is -1.10. The van der Waals surface area contributed by atoms with Crippen LogP contribution in [0.1, 0.15) is 6.42 Å². The van der Waals surface area contributed by atoms with Crippen molar-refractivity contribution in [2.75, 3.05) is 25.1 Å². The van der Waals surface area contributed by atoms with Crippen LogP contribution in [0.3, 0.4) is 0 Å². The van der Waals surface area contributed by atoms with E-state index in [-0.39, 0.29) is 12.2 Å². The van der Waals surface area contributed by atoms with Gasteiger partial charge < -0.3 is 15.3 Å². The highest BCUT2D eigenvalue weighted by molar-refractivity contribution is 7.90. The van der Waals surface area contributed by atoms with Gasteiger partial charge in [0.05, 0.1) is 5.75 Å². The van der Waals surface area contributed by atoms with Gasteiger partial charge in [0.15, 0.2) is 0 Å². The van der Waals surface area contributed by atoms with Crippen molar-refractivity contribution in [3.8, 4) is 0 Å². The molecule has 0 radical (unpaired) electrons. The van der Waals surface area contributed by atoms with Crippen molar-refractivity contribution in [1.82, 2.24) is 10.2 Å². The fourth-order valence-electron chi connectivity index (χ4n) is 1.52. The van der Waals surface area contributed by atoms with Crippen LogP contribution in [0.5, 0.6) is 0 Å². The van der Waals surface area contributed by atoms with Crippen LogP contribution in [0.25, 0.3) is 0 Å². The van der Waals surface area contributed by atoms with Crippen molar-refractivity contribution in [2.45, 2.75) is 12.5 Å². The first-order valence-electron chi connectivity index (χ1n) is 4.76. The van der Waals surface area contributed by atoms with E-state index in [1.165, 1.54) is 0 Å². The number of sulfone groups is 1. The molecule has 0 bridgehead atoms. The first-order chi connectivity index (χ1) is 7.31. The van der Waals surface area contributed by atoms with Crippen LogP contribution in [-0.2, 0) is 14.6 Å². The van der Waals surface area contributed by atoms with Crippen LogP contribution in [0.2, 0.25) is 0 Å². The molecule has 16 heavy (non-hydrogen) atoms. The number of urea groups is 1. The lowest BCUT2D eigenvalue weighted by Crippen LogP contribution is -2.44. The highest BCUT2D eigenvalue weighted by Gasteiger charge is 2.33. The minimum Gasteiger partial charge on any atom is -0.480 e. The SMILES string of the molecule is CS(=O)(=O)CCC(C(=O)O)N1CCNC1=O. The van der Waals surface area contributed by atoms with Crippen molar-refractivity contribution in [3.05, 3.63) is 0 Å². The van der Waals surface area contributed by atoms with E-state index in [0.29, 0.717) is 13.1 Å². The average molecular weight is 250 g/mol. The summed E-state index contributed by atoms with van der Waals surface area (Å²) in [6.07, 6.45) is 0.956. The van der Waals surface area contributed by atoms with Gasteiger partial charge in [-0.15, -0.1) is 0 Å². The van der Waals surface area contributed by atoms with Crippen LogP contribution in [0, 0.1) is 0 Å². The molecule has 8 heteroatoms. The molecule has 1 rings (SSSR count). The predicted molar refractivity (Wildman–Crippen MR) is 55.9 cm³/mol. The summed E-state index contributed by atoms with van der Waals surface area (Å²) in [5.74, 6) is -1.42. The molecule has 0 aromatic carbocycles. The summed E-state index contributed by atoms with van der Waals surface area (Å²) in [6.45, 7) is 0.682. The van der Waals surface area contributed by atoms with Crippen LogP contribution in [-0.4, -0.2) is 61.6 Å². The lowest BCUT2D eigenvalue weighted by molar-refractivity contribution is -0.142. The van der Waals surface area contributed by atoms with Crippen LogP contribution >= 0.6 is 0 Å². The summed E-state index contributed by atoms with van der Waals surface area (Å²) in [4.78, 5) is 23.3. The molecule has 1 saturated heterocycles. The lowest BCUT2D eigenvalue weighted by Gasteiger charge is -2.22. The molecular weight excluding hydrogens is 236 g/mol. The summed E-state index contributed by atoms with van der Waals surface area (Å²) in [5, 5.41) is 11.4. The topological polar surface area (TPSA) is 104 Å². The van der Waals surface area contributed by atoms with Gasteiger partial charge in [-0.1, -0.05) is 0 Å². The van der Waals surface area contributed by atoms with Crippen molar-refractivity contribution in [1.29, 1.82) is 0 Å². The van der Waals surface area contributed by atoms with Crippen molar-refractivity contribution < 1.29 is 23.1 Å². The Morgan fingerprint density at radius 1 is 1.62 bits per heavy atom. The monoisotopic (exact) mass is 250 g/mol. The molecule has 0 saturated carbocycles. The molecule has 2 N–H and O–H groups in total. The molecule has 0 spiro atoms. The van der Waals surface area contributed by atoms with Gasteiger partial charge in [-0.05, 0) is 6.42 Å². The second-order valence-corrected chi connectivity index (χ2v) is 5.96. The summed E-state index contributed by atoms with van der Waals surface area (Å²) in [6, 6.07) is -1.53. The third kappa shape index (κ3) is 3.37. The maximum absolute atomic E-state index is 11.2. The number of rotatable bonds is 5. The summed E-state index contributed by atoms with van der Waals surface area (Å²) < 4.78 is 21.9. The highest BCUT2D eigenvalue weighted by atomic mass is 32.2. The van der Waals surface area contributed by atoms with Gasteiger partial charge in [0, 0.05) is 19.3 Å². The highest BCUT2D eigenvalue weighted by Crippen LogP contribution is 2.10. The Hall–Kier alpha value is -1.31. The van der Waals surface area contributed by atoms with Crippen LogP contribution in [0.4, 0.5) is 4.79 Å². The van der Waals surface area contributed by atoms with Gasteiger partial charge in [-0.25, -0.2) is 18.0 Å². The number of carbonyl (C=O) groups excluding carboxylic acids is 1. The number of carbonyl (C=O) groups is 2. The molecular formula is C8H14N2O5S. The van der Waals surface area contributed by atoms with E-state index in [9.17, 15) is 18.0 Å². The van der Waals surface area contributed by atoms with Gasteiger partial charge in [0.1, 0.15) is 15.9 Å². The first-order valence-corrected chi connectivity index (χ1v) is 6.82. The van der Waals surface area contributed by atoms with E-state index in [1.807, 2.05) is 0 Å². The number of nitrogens with zero attached hydrogens (tertiary/aromatic N) is 1. The maximum atomic E-state index is 11.2. The van der Waals surface area contributed by atoms with E-state index < -0.39 is 27.9 Å². The van der Waals surface area contributed by atoms with Crippen LogP contribution < -0.4 is 5.32 Å². The second-order valence-electron chi connectivity index (χ2n) is 3.70. The number of carboxylic acids is 1. The summed E-state index contributed by atoms with van der Waals surface area (Å²) in [5.41, 5.74) is 0. The van der Waals surface area contributed by atoms with E-state index in [2.05, 4.69) is 5.32 Å². The van der Waals surface area contributed by atoms with Crippen LogP contribution in [0.15, 0.2) is 0 Å². The van der Waals surface area contributed by atoms with Gasteiger partial charge in [0.2, 0.25) is 0 Å². The lowest BCUT2D eigenvalue weighted by atomic mass is 10.2. The molecule has 0 aromatic heterocycles. The van der Waals surface area contributed by atoms with Gasteiger partial charge in [0.25, 0.3) is 0 Å². The van der Waals surface area contributed by atoms with Gasteiger partial charge in [-0.2, -0.15) is 0 Å². The zero-order valence-electron chi connectivity index (χ0n) is 8.84. The normalized spacial score (nSPS) is 18.3. The molecule has 0 aromatic rings. The molecule has 7 nitrogen and oxygen atoms in total. The minimum atomic E-state index is -3.22. The molecule has 1 unspecified atom stereocenters. The third-order valence-electron chi connectivity index (χ3n) is 2.31. The fourth-order valence-corrected chi connectivity index (χ4v) is 2.17. The number of carboxylic acid groups (broad SMARTS) is 1. The van der Waals surface area contributed by atoms with Crippen molar-refractivity contribution >= 4 is 21.8 Å². The Labute approximate surface area is 93.3 Å². The van der Waals surface area contributed by atoms with Gasteiger partial charge >= 0.3 is 12.0 Å². The molecule has 1 aliphatic rings. The quantitative estimate of drug-likeness (QED) is 0.644. The zero-order chi connectivity index (χ0) is 12.3. The number of nitrogens with one attached hydrogen (secondary N) is 1. The number of aliphatic carboxylic acids is 1. The Balaban J connectivity index is 2.68. The Morgan fingerprint density at radius 2 is 2.25 bits per heavy atom. The molecule has 2 amide bonds. The number of hydrogen-bond donors (Lipinski definition) is 2. The molecule has 92 valence electrons. The summed E-state index contributed by atoms with van der Waals surface area (Å²) in [7, 11) is -3.22. The average Bonchev–Trinajstić information content (AvgIpc) is 2.50. The van der Waals surface area contributed by atoms with E-state index in [1.54, 1.807) is 0 Å². The Kier molecular flexibility index (Phi) is 3.74. The summed E-state index contributed by atoms with van der Waals surface area (Å²) >= 11 is 0.